The van der Waals surface area contributed by atoms with Crippen LogP contribution in [0.3, 0.4) is 0 Å². The first-order valence-corrected chi connectivity index (χ1v) is 15.3. The number of benzene rings is 3. The molecule has 0 bridgehead atoms. The molecule has 3 atom stereocenters. The molecular formula is C35H32ClF3N2O6. The van der Waals surface area contributed by atoms with Gasteiger partial charge in [0.05, 0.1) is 37.4 Å². The highest BCUT2D eigenvalue weighted by atomic mass is 35.5. The molecule has 1 heterocycles. The molecular weight excluding hydrogens is 637 g/mol. The average molecular weight is 669 g/mol. The minimum atomic E-state index is -4.70. The second-order valence-electron chi connectivity index (χ2n) is 10.9. The molecule has 0 spiro atoms. The number of nitrogens with zero attached hydrogens (tertiary/aromatic N) is 1. The van der Waals surface area contributed by atoms with E-state index >= 15 is 0 Å². The van der Waals surface area contributed by atoms with Crippen molar-refractivity contribution in [3.63, 3.8) is 0 Å². The quantitative estimate of drug-likeness (QED) is 0.204. The van der Waals surface area contributed by atoms with E-state index in [9.17, 15) is 27.6 Å². The lowest BCUT2D eigenvalue weighted by Crippen LogP contribution is -2.46. The van der Waals surface area contributed by atoms with Crippen LogP contribution >= 0.6 is 11.6 Å². The van der Waals surface area contributed by atoms with Crippen molar-refractivity contribution in [1.82, 2.24) is 0 Å². The maximum atomic E-state index is 14.9. The van der Waals surface area contributed by atoms with Crippen molar-refractivity contribution in [2.75, 3.05) is 25.2 Å². The van der Waals surface area contributed by atoms with Crippen molar-refractivity contribution in [3.8, 4) is 5.75 Å². The topological polar surface area (TPSA) is 108 Å². The zero-order valence-corrected chi connectivity index (χ0v) is 26.5. The number of hydrogen-bond acceptors (Lipinski definition) is 8. The van der Waals surface area contributed by atoms with E-state index < -0.39 is 47.2 Å². The average Bonchev–Trinajstić information content (AvgIpc) is 3.04. The number of Topliss-reactive ketones (excluding diaryl/α,β-unsaturated/α-hetero) is 1. The first kappa shape index (κ1) is 33.6. The van der Waals surface area contributed by atoms with Gasteiger partial charge in [-0.2, -0.15) is 13.2 Å². The molecule has 3 aromatic carbocycles. The van der Waals surface area contributed by atoms with E-state index in [4.69, 9.17) is 31.5 Å². The number of ether oxygens (including phenoxy) is 3. The molecule has 0 unspecified atom stereocenters. The van der Waals surface area contributed by atoms with Crippen LogP contribution in [0.2, 0.25) is 5.02 Å². The van der Waals surface area contributed by atoms with Gasteiger partial charge in [0.15, 0.2) is 5.78 Å². The summed E-state index contributed by atoms with van der Waals surface area (Å²) < 4.78 is 58.0. The lowest BCUT2D eigenvalue weighted by atomic mass is 9.67. The molecule has 0 aromatic heterocycles. The summed E-state index contributed by atoms with van der Waals surface area (Å²) in [5.41, 5.74) is 6.85. The van der Waals surface area contributed by atoms with Gasteiger partial charge in [-0.1, -0.05) is 41.9 Å². The zero-order valence-electron chi connectivity index (χ0n) is 25.8. The van der Waals surface area contributed by atoms with E-state index in [2.05, 4.69) is 0 Å². The largest absolute Gasteiger partial charge is 0.497 e. The van der Waals surface area contributed by atoms with E-state index in [1.165, 1.54) is 24.1 Å². The predicted octanol–water partition coefficient (Wildman–Crippen LogP) is 6.89. The Morgan fingerprint density at radius 1 is 0.957 bits per heavy atom. The SMILES string of the molecule is CCOC(=O)C1=C(N)N(c2cccc(C(F)(F)F)c2)C2=C(C(=O)[C@H](C(=O)OCC)[C@H](c3cccc(OC)c3)C2)[C@H]1c1ccc(Cl)cc1. The summed E-state index contributed by atoms with van der Waals surface area (Å²) in [5.74, 6) is -5.38. The Bertz CT molecular complexity index is 1770. The highest BCUT2D eigenvalue weighted by Gasteiger charge is 2.51. The number of rotatable bonds is 8. The fraction of sp³-hybridized carbons (Fsp3) is 0.286. The highest BCUT2D eigenvalue weighted by molar-refractivity contribution is 6.30. The van der Waals surface area contributed by atoms with Crippen molar-refractivity contribution in [3.05, 3.63) is 117 Å². The van der Waals surface area contributed by atoms with E-state index in [-0.39, 0.29) is 48.0 Å². The summed E-state index contributed by atoms with van der Waals surface area (Å²) >= 11 is 6.18. The Morgan fingerprint density at radius 2 is 1.64 bits per heavy atom. The van der Waals surface area contributed by atoms with Crippen LogP contribution in [0.15, 0.2) is 95.5 Å². The number of carbonyl (C=O) groups is 3. The van der Waals surface area contributed by atoms with Gasteiger partial charge in [0, 0.05) is 27.9 Å². The summed E-state index contributed by atoms with van der Waals surface area (Å²) in [6.07, 6.45) is -4.73. The lowest BCUT2D eigenvalue weighted by Gasteiger charge is -2.44. The molecule has 12 heteroatoms. The number of alkyl halides is 3. The van der Waals surface area contributed by atoms with Crippen LogP contribution in [0.5, 0.6) is 5.75 Å². The third-order valence-corrected chi connectivity index (χ3v) is 8.48. The van der Waals surface area contributed by atoms with Crippen molar-refractivity contribution in [2.45, 2.75) is 38.3 Å². The van der Waals surface area contributed by atoms with Crippen LogP contribution in [-0.4, -0.2) is 38.0 Å². The Kier molecular flexibility index (Phi) is 9.67. The Balaban J connectivity index is 1.84. The number of nitrogens with two attached hydrogens (primary N) is 1. The Hall–Kier alpha value is -4.77. The maximum absolute atomic E-state index is 14.9. The van der Waals surface area contributed by atoms with Gasteiger partial charge in [-0.3, -0.25) is 14.5 Å². The number of methoxy groups -OCH3 is 1. The van der Waals surface area contributed by atoms with E-state index in [1.807, 2.05) is 0 Å². The standard InChI is InChI=1S/C35H32ClF3N2O6/c1-4-46-33(43)28-25(20-8-6-11-24(16-20)45-3)18-26-29(31(28)42)27(19-12-14-22(36)15-13-19)30(34(44)47-5-2)32(40)41(26)23-10-7-9-21(17-23)35(37,38)39/h6-17,25,27-28H,4-5,18,40H2,1-3H3/t25-,27+,28+/m0/s1. The lowest BCUT2D eigenvalue weighted by molar-refractivity contribution is -0.152. The predicted molar refractivity (Wildman–Crippen MR) is 168 cm³/mol. The molecule has 0 fully saturated rings. The van der Waals surface area contributed by atoms with Crippen molar-refractivity contribution in [1.29, 1.82) is 0 Å². The van der Waals surface area contributed by atoms with Crippen molar-refractivity contribution in [2.24, 2.45) is 11.7 Å². The smallest absolute Gasteiger partial charge is 0.416 e. The number of halogens is 4. The Morgan fingerprint density at radius 3 is 2.28 bits per heavy atom. The molecule has 0 saturated heterocycles. The van der Waals surface area contributed by atoms with Gasteiger partial charge >= 0.3 is 18.1 Å². The normalized spacial score (nSPS) is 19.8. The molecule has 0 saturated carbocycles. The number of allylic oxidation sites excluding steroid dienone is 2. The minimum Gasteiger partial charge on any atom is -0.497 e. The first-order valence-electron chi connectivity index (χ1n) is 14.9. The second-order valence-corrected chi connectivity index (χ2v) is 11.4. The maximum Gasteiger partial charge on any atom is 0.416 e. The van der Waals surface area contributed by atoms with Crippen molar-refractivity contribution < 1.29 is 41.8 Å². The molecule has 5 rings (SSSR count). The number of esters is 2. The molecule has 1 aliphatic heterocycles. The number of hydrogen-bond donors (Lipinski definition) is 1. The van der Waals surface area contributed by atoms with Gasteiger partial charge in [0.2, 0.25) is 0 Å². The second kappa shape index (κ2) is 13.5. The van der Waals surface area contributed by atoms with Gasteiger partial charge in [0.1, 0.15) is 17.5 Å². The summed E-state index contributed by atoms with van der Waals surface area (Å²) in [4.78, 5) is 43.5. The van der Waals surface area contributed by atoms with Crippen LogP contribution in [0, 0.1) is 5.92 Å². The molecule has 1 aliphatic carbocycles. The number of anilines is 1. The van der Waals surface area contributed by atoms with E-state index in [0.717, 1.165) is 12.1 Å². The monoisotopic (exact) mass is 668 g/mol. The summed E-state index contributed by atoms with van der Waals surface area (Å²) in [7, 11) is 1.48. The molecule has 2 aliphatic rings. The van der Waals surface area contributed by atoms with Crippen LogP contribution in [0.1, 0.15) is 48.8 Å². The molecule has 3 aromatic rings. The third-order valence-electron chi connectivity index (χ3n) is 8.23. The fourth-order valence-electron chi connectivity index (χ4n) is 6.23. The minimum absolute atomic E-state index is 0.00273. The van der Waals surface area contributed by atoms with Gasteiger partial charge in [0.25, 0.3) is 0 Å². The van der Waals surface area contributed by atoms with Gasteiger partial charge < -0.3 is 19.9 Å². The van der Waals surface area contributed by atoms with Gasteiger partial charge in [-0.15, -0.1) is 0 Å². The highest BCUT2D eigenvalue weighted by Crippen LogP contribution is 2.52. The van der Waals surface area contributed by atoms with Crippen LogP contribution in [0.25, 0.3) is 0 Å². The van der Waals surface area contributed by atoms with Crippen LogP contribution < -0.4 is 15.4 Å². The molecule has 0 amide bonds. The third kappa shape index (κ3) is 6.44. The number of carbonyl (C=O) groups excluding carboxylic acids is 3. The molecule has 0 radical (unpaired) electrons. The Labute approximate surface area is 274 Å². The molecule has 246 valence electrons. The van der Waals surface area contributed by atoms with Crippen LogP contribution in [-0.2, 0) is 30.0 Å². The van der Waals surface area contributed by atoms with Crippen molar-refractivity contribution >= 4 is 35.0 Å². The van der Waals surface area contributed by atoms with E-state index in [1.54, 1.807) is 62.4 Å². The zero-order chi connectivity index (χ0) is 34.0. The summed E-state index contributed by atoms with van der Waals surface area (Å²) in [6, 6.07) is 17.6. The molecule has 2 N–H and O–H groups in total. The van der Waals surface area contributed by atoms with E-state index in [0.29, 0.717) is 21.9 Å². The molecule has 47 heavy (non-hydrogen) atoms. The van der Waals surface area contributed by atoms with Crippen LogP contribution in [0.4, 0.5) is 18.9 Å². The van der Waals surface area contributed by atoms with Gasteiger partial charge in [-0.05, 0) is 73.9 Å². The summed E-state index contributed by atoms with van der Waals surface area (Å²) in [6.45, 7) is 3.16. The molecule has 8 nitrogen and oxygen atoms in total. The number of ketones is 1. The first-order chi connectivity index (χ1) is 22.4. The fourth-order valence-corrected chi connectivity index (χ4v) is 6.36. The summed E-state index contributed by atoms with van der Waals surface area (Å²) in [5, 5.41) is 0.386. The van der Waals surface area contributed by atoms with Gasteiger partial charge in [-0.25, -0.2) is 4.79 Å².